The highest BCUT2D eigenvalue weighted by Crippen LogP contribution is 2.28. The molecule has 0 saturated carbocycles. The minimum absolute atomic E-state index is 0.0381. The number of benzene rings is 3. The van der Waals surface area contributed by atoms with Crippen molar-refractivity contribution in [3.63, 3.8) is 0 Å². The van der Waals surface area contributed by atoms with Crippen molar-refractivity contribution in [2.45, 2.75) is 58.8 Å². The Morgan fingerprint density at radius 3 is 2.23 bits per heavy atom. The van der Waals surface area contributed by atoms with Crippen molar-refractivity contribution in [2.24, 2.45) is 5.41 Å². The average Bonchev–Trinajstić information content (AvgIpc) is 3.97. The first-order chi connectivity index (χ1) is 28.6. The number of aliphatic hydroxyl groups is 1. The molecule has 60 heavy (non-hydrogen) atoms. The van der Waals surface area contributed by atoms with Crippen molar-refractivity contribution in [3.05, 3.63) is 108 Å². The molecular formula is C43H47N9O7S. The van der Waals surface area contributed by atoms with Gasteiger partial charge in [0, 0.05) is 60.4 Å². The van der Waals surface area contributed by atoms with Gasteiger partial charge >= 0.3 is 6.03 Å². The number of aryl methyl sites for hydroxylation is 1. The van der Waals surface area contributed by atoms with E-state index in [0.717, 1.165) is 44.8 Å². The summed E-state index contributed by atoms with van der Waals surface area (Å²) in [5.41, 5.74) is 6.19. The highest BCUT2D eigenvalue weighted by atomic mass is 32.1. The van der Waals surface area contributed by atoms with Crippen molar-refractivity contribution < 1.29 is 33.9 Å². The van der Waals surface area contributed by atoms with E-state index < -0.39 is 65.7 Å². The molecule has 312 valence electrons. The Balaban J connectivity index is 0.945. The number of amides is 7. The molecule has 0 aliphatic carbocycles. The van der Waals surface area contributed by atoms with Gasteiger partial charge in [0.1, 0.15) is 12.1 Å². The lowest BCUT2D eigenvalue weighted by Gasteiger charge is -2.35. The molecule has 0 radical (unpaired) electrons. The molecule has 16 nitrogen and oxygen atoms in total. The van der Waals surface area contributed by atoms with E-state index in [2.05, 4.69) is 41.9 Å². The van der Waals surface area contributed by atoms with Gasteiger partial charge in [-0.25, -0.2) is 9.78 Å². The first-order valence-electron chi connectivity index (χ1n) is 19.2. The van der Waals surface area contributed by atoms with Crippen molar-refractivity contribution >= 4 is 74.9 Å². The first-order valence-corrected chi connectivity index (χ1v) is 20.1. The molecule has 3 heterocycles. The summed E-state index contributed by atoms with van der Waals surface area (Å²) in [7, 11) is 0. The lowest BCUT2D eigenvalue weighted by atomic mass is 9.85. The van der Waals surface area contributed by atoms with Gasteiger partial charge in [-0.15, -0.1) is 11.3 Å². The fourth-order valence-electron chi connectivity index (χ4n) is 6.61. The number of rotatable bonds is 13. The fraction of sp³-hybridized carbons (Fsp3) is 0.279. The molecular weight excluding hydrogens is 787 g/mol. The normalized spacial score (nSPS) is 15.7. The third kappa shape index (κ3) is 11.2. The summed E-state index contributed by atoms with van der Waals surface area (Å²) in [5.74, 6) is -2.99. The number of nitrogens with zero attached hydrogens (tertiary/aromatic N) is 2. The highest BCUT2D eigenvalue weighted by Gasteiger charge is 2.44. The van der Waals surface area contributed by atoms with Crippen LogP contribution in [-0.2, 0) is 30.5 Å². The molecule has 3 atom stereocenters. The topological polar surface area (TPSA) is 227 Å². The molecule has 0 bridgehead atoms. The highest BCUT2D eigenvalue weighted by molar-refractivity contribution is 7.13. The van der Waals surface area contributed by atoms with Crippen LogP contribution >= 0.6 is 11.3 Å². The van der Waals surface area contributed by atoms with Crippen molar-refractivity contribution in [2.75, 3.05) is 29.0 Å². The van der Waals surface area contributed by atoms with Crippen LogP contribution in [0.15, 0.2) is 96.7 Å². The fourth-order valence-corrected chi connectivity index (χ4v) is 7.42. The maximum absolute atomic E-state index is 13.9. The van der Waals surface area contributed by atoms with E-state index in [1.165, 1.54) is 4.90 Å². The van der Waals surface area contributed by atoms with Crippen LogP contribution in [0.2, 0.25) is 0 Å². The average molecular weight is 834 g/mol. The number of carbonyl (C=O) groups is 6. The zero-order valence-corrected chi connectivity index (χ0v) is 34.3. The third-order valence-corrected chi connectivity index (χ3v) is 10.7. The number of hydrogen-bond acceptors (Lipinski definition) is 9. The summed E-state index contributed by atoms with van der Waals surface area (Å²) in [6.45, 7) is 6.83. The molecule has 1 fully saturated rings. The molecule has 1 saturated heterocycles. The van der Waals surface area contributed by atoms with Gasteiger partial charge in [0.05, 0.1) is 28.7 Å². The van der Waals surface area contributed by atoms with E-state index in [9.17, 15) is 33.9 Å². The Kier molecular flexibility index (Phi) is 13.4. The first kappa shape index (κ1) is 42.7. The number of aliphatic hydroxyl groups excluding tert-OH is 1. The van der Waals surface area contributed by atoms with E-state index in [4.69, 9.17) is 0 Å². The number of likely N-dealkylation sites (tertiary alicyclic amines) is 1. The molecule has 0 unspecified atom stereocenters. The molecule has 7 amide bonds. The number of carbonyl (C=O) groups excluding carboxylic acids is 6. The Hall–Kier alpha value is -6.85. The van der Waals surface area contributed by atoms with Crippen LogP contribution in [0.25, 0.3) is 21.3 Å². The Bertz CT molecular complexity index is 2400. The van der Waals surface area contributed by atoms with Gasteiger partial charge in [-0.05, 0) is 71.3 Å². The molecule has 1 aliphatic heterocycles. The summed E-state index contributed by atoms with van der Waals surface area (Å²) >= 11 is 1.55. The molecule has 3 aromatic carbocycles. The maximum atomic E-state index is 13.9. The number of urea groups is 1. The number of fused-ring (bicyclic) bond motifs is 1. The van der Waals surface area contributed by atoms with E-state index in [-0.39, 0.29) is 19.5 Å². The van der Waals surface area contributed by atoms with Gasteiger partial charge < -0.3 is 46.9 Å². The minimum Gasteiger partial charge on any atom is -0.391 e. The van der Waals surface area contributed by atoms with Crippen LogP contribution in [0.1, 0.15) is 38.4 Å². The molecule has 2 aromatic heterocycles. The molecule has 6 rings (SSSR count). The lowest BCUT2D eigenvalue weighted by molar-refractivity contribution is -0.144. The van der Waals surface area contributed by atoms with Gasteiger partial charge in [0.15, 0.2) is 0 Å². The van der Waals surface area contributed by atoms with Crippen LogP contribution in [0.5, 0.6) is 0 Å². The smallest absolute Gasteiger partial charge is 0.323 e. The number of anilines is 3. The quantitative estimate of drug-likeness (QED) is 0.0777. The molecule has 17 heteroatoms. The van der Waals surface area contributed by atoms with Crippen LogP contribution < -0.4 is 31.9 Å². The van der Waals surface area contributed by atoms with E-state index >= 15 is 0 Å². The summed E-state index contributed by atoms with van der Waals surface area (Å²) in [5, 5.41) is 27.6. The second-order valence-electron chi connectivity index (χ2n) is 15.4. The van der Waals surface area contributed by atoms with Crippen LogP contribution in [0.4, 0.5) is 21.9 Å². The number of β-amino-alcohol motifs (C(OH)–C–C–N with tert-alkyl or cyclic N) is 1. The summed E-state index contributed by atoms with van der Waals surface area (Å²) in [4.78, 5) is 87.5. The van der Waals surface area contributed by atoms with Gasteiger partial charge in [-0.2, -0.15) is 0 Å². The number of thiazole rings is 1. The predicted molar refractivity (Wildman–Crippen MR) is 230 cm³/mol. The van der Waals surface area contributed by atoms with Crippen molar-refractivity contribution in [1.82, 2.24) is 30.8 Å². The number of aromatic amines is 1. The minimum atomic E-state index is -1.10. The summed E-state index contributed by atoms with van der Waals surface area (Å²) in [6.07, 6.45) is 2.88. The Morgan fingerprint density at radius 1 is 0.883 bits per heavy atom. The number of nitrogens with one attached hydrogen (secondary N) is 7. The molecule has 5 aromatic rings. The monoisotopic (exact) mass is 833 g/mol. The van der Waals surface area contributed by atoms with E-state index in [1.807, 2.05) is 55.6 Å². The molecule has 0 spiro atoms. The van der Waals surface area contributed by atoms with Crippen LogP contribution in [-0.4, -0.2) is 86.8 Å². The summed E-state index contributed by atoms with van der Waals surface area (Å²) < 4.78 is 0. The van der Waals surface area contributed by atoms with E-state index in [1.54, 1.807) is 68.0 Å². The predicted octanol–water partition coefficient (Wildman–Crippen LogP) is 4.66. The second-order valence-corrected chi connectivity index (χ2v) is 16.3. The van der Waals surface area contributed by atoms with Gasteiger partial charge in [0.25, 0.3) is 0 Å². The van der Waals surface area contributed by atoms with Crippen LogP contribution in [0.3, 0.4) is 0 Å². The van der Waals surface area contributed by atoms with Gasteiger partial charge in [-0.1, -0.05) is 51.1 Å². The third-order valence-electron chi connectivity index (χ3n) is 9.74. The van der Waals surface area contributed by atoms with Crippen LogP contribution in [0, 0.1) is 12.3 Å². The zero-order valence-electron chi connectivity index (χ0n) is 33.5. The van der Waals surface area contributed by atoms with Crippen molar-refractivity contribution in [1.29, 1.82) is 0 Å². The lowest BCUT2D eigenvalue weighted by Crippen LogP contribution is -2.58. The van der Waals surface area contributed by atoms with Crippen molar-refractivity contribution in [3.8, 4) is 10.4 Å². The molecule has 1 aliphatic rings. The number of H-pyrrole nitrogens is 1. The second kappa shape index (κ2) is 18.8. The SMILES string of the molecule is Cc1ncsc1-c1ccc(CNC(=O)[C@@H]2C[C@@H](O)CN2C(=O)[C@@H](NC(=O)CNC(=O)/C=C/C(=O)Nc2ccc(NC(=O)Nc3ccc4cc[nH]c4c3)cc2)C(C)(C)C)cc1. The standard InChI is InChI=1S/C43H47N9O7S/c1-25-38(60-24-47-25)28-7-5-26(6-8-28)21-46-40(57)34-20-32(53)23-52(34)41(58)39(43(2,3)4)51-37(56)22-45-35(54)15-16-36(55)48-29-11-13-30(14-12-29)49-42(59)50-31-10-9-27-17-18-44-33(27)19-31/h5-19,24,32,34,39,44,53H,20-23H2,1-4H3,(H,45,54)(H,46,57)(H,48,55)(H,51,56)(H2,49,50,59)/b16-15+/t32-,34+,39-/m1/s1. The number of aromatic nitrogens is 2. The van der Waals surface area contributed by atoms with Gasteiger partial charge in [0.2, 0.25) is 29.5 Å². The van der Waals surface area contributed by atoms with Gasteiger partial charge in [-0.3, -0.25) is 24.0 Å². The maximum Gasteiger partial charge on any atom is 0.323 e. The van der Waals surface area contributed by atoms with E-state index in [0.29, 0.717) is 17.1 Å². The largest absolute Gasteiger partial charge is 0.391 e. The number of hydrogen-bond donors (Lipinski definition) is 8. The Morgan fingerprint density at radius 2 is 1.55 bits per heavy atom. The molecule has 8 N–H and O–H groups in total. The summed E-state index contributed by atoms with van der Waals surface area (Å²) in [6, 6.07) is 19.0. The zero-order chi connectivity index (χ0) is 43.0. The Labute approximate surface area is 350 Å².